The summed E-state index contributed by atoms with van der Waals surface area (Å²) in [5.41, 5.74) is 5.47. The number of aliphatic hydroxyl groups is 1. The van der Waals surface area contributed by atoms with Gasteiger partial charge in [0, 0.05) is 31.9 Å². The lowest BCUT2D eigenvalue weighted by molar-refractivity contribution is -0.132. The molecule has 5 amide bonds. The van der Waals surface area contributed by atoms with Gasteiger partial charge in [-0.3, -0.25) is 20.0 Å². The zero-order valence-corrected chi connectivity index (χ0v) is 33.8. The minimum atomic E-state index is -1.33. The second-order valence-corrected chi connectivity index (χ2v) is 16.2. The summed E-state index contributed by atoms with van der Waals surface area (Å²) in [4.78, 5) is 61.8. The number of hydrazine groups is 1. The average molecular weight is 780 g/mol. The Morgan fingerprint density at radius 2 is 1.58 bits per heavy atom. The van der Waals surface area contributed by atoms with Gasteiger partial charge in [0.1, 0.15) is 12.1 Å². The fraction of sp³-hybridized carbons (Fsp3) is 0.432. The largest absolute Gasteiger partial charge is 0.465 e. The summed E-state index contributed by atoms with van der Waals surface area (Å²) in [7, 11) is 0. The monoisotopic (exact) mass is 779 g/mol. The zero-order valence-electron chi connectivity index (χ0n) is 33.8. The van der Waals surface area contributed by atoms with Crippen molar-refractivity contribution in [2.75, 3.05) is 19.6 Å². The number of nitrogens with zero attached hydrogens (tertiary/aromatic N) is 4. The Bertz CT molecular complexity index is 2000. The number of hydrogen-bond acceptors (Lipinski definition) is 7. The number of carboxylic acid groups (broad SMARTS) is 1. The van der Waals surface area contributed by atoms with Crippen LogP contribution in [0.4, 0.5) is 9.59 Å². The van der Waals surface area contributed by atoms with Crippen LogP contribution in [0.2, 0.25) is 0 Å². The molecule has 3 aromatic carbocycles. The molecule has 304 valence electrons. The van der Waals surface area contributed by atoms with Crippen molar-refractivity contribution >= 4 is 34.7 Å². The van der Waals surface area contributed by atoms with E-state index in [1.807, 2.05) is 112 Å². The van der Waals surface area contributed by atoms with Crippen molar-refractivity contribution in [1.29, 1.82) is 0 Å². The molecule has 1 aromatic heterocycles. The van der Waals surface area contributed by atoms with E-state index in [9.17, 15) is 29.4 Å². The van der Waals surface area contributed by atoms with E-state index in [1.165, 1.54) is 0 Å². The molecule has 13 nitrogen and oxygen atoms in total. The van der Waals surface area contributed by atoms with Crippen LogP contribution < -0.4 is 16.1 Å². The molecule has 0 radical (unpaired) electrons. The number of nitrogens with one attached hydrogen (secondary N) is 3. The van der Waals surface area contributed by atoms with Gasteiger partial charge in [0.05, 0.1) is 24.4 Å². The topological polar surface area (TPSA) is 167 Å². The molecule has 0 bridgehead atoms. The highest BCUT2D eigenvalue weighted by Gasteiger charge is 2.41. The normalized spacial score (nSPS) is 15.9. The Hall–Kier alpha value is -5.53. The summed E-state index contributed by atoms with van der Waals surface area (Å²) in [5, 5.41) is 30.8. The number of amides is 5. The maximum absolute atomic E-state index is 14.5. The fourth-order valence-electron chi connectivity index (χ4n) is 7.32. The molecule has 1 saturated heterocycles. The van der Waals surface area contributed by atoms with Gasteiger partial charge in [0.2, 0.25) is 5.91 Å². The predicted octanol–water partition coefficient (Wildman–Crippen LogP) is 5.50. The molecule has 1 aliphatic heterocycles. The molecule has 5 atom stereocenters. The first-order chi connectivity index (χ1) is 27.1. The molecular weight excluding hydrogens is 723 g/mol. The zero-order chi connectivity index (χ0) is 41.3. The highest BCUT2D eigenvalue weighted by Crippen LogP contribution is 2.24. The van der Waals surface area contributed by atoms with E-state index in [1.54, 1.807) is 35.6 Å². The Kier molecular flexibility index (Phi) is 14.3. The lowest BCUT2D eigenvalue weighted by atomic mass is 9.86. The Balaban J connectivity index is 1.41. The first-order valence-corrected chi connectivity index (χ1v) is 19.7. The van der Waals surface area contributed by atoms with Crippen molar-refractivity contribution in [3.8, 4) is 0 Å². The summed E-state index contributed by atoms with van der Waals surface area (Å²) in [6, 6.07) is 26.0. The van der Waals surface area contributed by atoms with Gasteiger partial charge in [0.15, 0.2) is 0 Å². The van der Waals surface area contributed by atoms with Crippen LogP contribution in [0.15, 0.2) is 91.0 Å². The highest BCUT2D eigenvalue weighted by atomic mass is 16.4. The van der Waals surface area contributed by atoms with Crippen molar-refractivity contribution in [3.63, 3.8) is 0 Å². The van der Waals surface area contributed by atoms with Gasteiger partial charge in [-0.15, -0.1) is 0 Å². The quantitative estimate of drug-likeness (QED) is 0.0877. The molecule has 0 aliphatic carbocycles. The van der Waals surface area contributed by atoms with Gasteiger partial charge in [0.25, 0.3) is 5.91 Å². The number of carbonyl (C=O) groups is 4. The number of rotatable bonds is 17. The van der Waals surface area contributed by atoms with Gasteiger partial charge in [-0.25, -0.2) is 14.6 Å². The van der Waals surface area contributed by atoms with Gasteiger partial charge >= 0.3 is 12.1 Å². The average Bonchev–Trinajstić information content (AvgIpc) is 3.51. The molecule has 0 saturated carbocycles. The molecule has 5 rings (SSSR count). The predicted molar refractivity (Wildman–Crippen MR) is 220 cm³/mol. The molecule has 5 N–H and O–H groups in total. The number of hydrogen-bond donors (Lipinski definition) is 5. The van der Waals surface area contributed by atoms with Gasteiger partial charge in [-0.2, -0.15) is 0 Å². The van der Waals surface area contributed by atoms with Crippen LogP contribution in [0.25, 0.3) is 10.8 Å². The molecule has 2 heterocycles. The van der Waals surface area contributed by atoms with E-state index in [0.717, 1.165) is 33.3 Å². The number of fused-ring (bicyclic) bond motifs is 1. The number of aromatic nitrogens is 1. The SMILES string of the molecule is CC[C@H](C)[C@@H](C(=O)N[C@@H](Cc1ccccc1)[C@@H](O)CN(Cc1ccc2ccccc2c1)NC(=O)[C@@H](NC(=O)O)C(C)(C)C)N1CCN(Cc2cccc(C)n2)C1=O. The fourth-order valence-corrected chi connectivity index (χ4v) is 7.32. The molecule has 1 aliphatic rings. The van der Waals surface area contributed by atoms with E-state index < -0.39 is 41.6 Å². The van der Waals surface area contributed by atoms with Crippen molar-refractivity contribution in [3.05, 3.63) is 114 Å². The summed E-state index contributed by atoms with van der Waals surface area (Å²) in [6.07, 6.45) is -1.65. The van der Waals surface area contributed by atoms with Crippen molar-refractivity contribution in [1.82, 2.24) is 35.9 Å². The number of aryl methyl sites for hydroxylation is 1. The van der Waals surface area contributed by atoms with Gasteiger partial charge in [-0.1, -0.05) is 114 Å². The maximum atomic E-state index is 14.5. The van der Waals surface area contributed by atoms with Crippen LogP contribution in [0, 0.1) is 18.3 Å². The van der Waals surface area contributed by atoms with E-state index in [2.05, 4.69) is 21.0 Å². The molecule has 1 fully saturated rings. The minimum absolute atomic E-state index is 0.117. The van der Waals surface area contributed by atoms with Crippen LogP contribution in [-0.4, -0.2) is 97.8 Å². The standard InChI is InChI=1S/C44H57N7O6/c1-7-29(2)38(51-23-22-49(43(51)57)27-35-19-13-14-30(3)45-35)40(53)46-36(25-31-15-9-8-10-16-31)37(52)28-50(48-41(54)39(44(4,5)6)47-42(55)56)26-32-20-21-33-17-11-12-18-34(33)24-32/h8-21,24,29,36-39,47,52H,7,22-23,25-28H2,1-6H3,(H,46,53)(H,48,54)(H,55,56)/t29-,36-,37-,38-,39+/m0/s1. The Labute approximate surface area is 335 Å². The number of aliphatic hydroxyl groups excluding tert-OH is 1. The van der Waals surface area contributed by atoms with Gasteiger partial charge in [-0.05, 0) is 64.8 Å². The van der Waals surface area contributed by atoms with E-state index in [0.29, 0.717) is 26.1 Å². The van der Waals surface area contributed by atoms with Crippen molar-refractivity contribution in [2.45, 2.75) is 91.7 Å². The van der Waals surface area contributed by atoms with Crippen molar-refractivity contribution < 1.29 is 29.4 Å². The third-order valence-corrected chi connectivity index (χ3v) is 10.6. The third-order valence-electron chi connectivity index (χ3n) is 10.6. The summed E-state index contributed by atoms with van der Waals surface area (Å²) < 4.78 is 0. The van der Waals surface area contributed by atoms with E-state index >= 15 is 0 Å². The minimum Gasteiger partial charge on any atom is -0.465 e. The molecule has 4 aromatic rings. The summed E-state index contributed by atoms with van der Waals surface area (Å²) in [5.74, 6) is -1.16. The van der Waals surface area contributed by atoms with E-state index in [4.69, 9.17) is 0 Å². The number of pyridine rings is 1. The maximum Gasteiger partial charge on any atom is 0.405 e. The molecule has 57 heavy (non-hydrogen) atoms. The number of carbonyl (C=O) groups excluding carboxylic acids is 3. The second-order valence-electron chi connectivity index (χ2n) is 16.2. The van der Waals surface area contributed by atoms with Crippen LogP contribution in [0.1, 0.15) is 63.6 Å². The van der Waals surface area contributed by atoms with Crippen LogP contribution in [0.3, 0.4) is 0 Å². The lowest BCUT2D eigenvalue weighted by Gasteiger charge is -2.36. The van der Waals surface area contributed by atoms with Crippen LogP contribution in [0.5, 0.6) is 0 Å². The smallest absolute Gasteiger partial charge is 0.405 e. The number of benzene rings is 3. The lowest BCUT2D eigenvalue weighted by Crippen LogP contribution is -2.60. The first-order valence-electron chi connectivity index (χ1n) is 19.7. The first kappa shape index (κ1) is 42.6. The van der Waals surface area contributed by atoms with E-state index in [-0.39, 0.29) is 37.4 Å². The second kappa shape index (κ2) is 19.1. The Morgan fingerprint density at radius 1 is 0.877 bits per heavy atom. The van der Waals surface area contributed by atoms with Crippen LogP contribution in [-0.2, 0) is 29.1 Å². The van der Waals surface area contributed by atoms with Gasteiger partial charge < -0.3 is 30.6 Å². The summed E-state index contributed by atoms with van der Waals surface area (Å²) >= 11 is 0. The van der Waals surface area contributed by atoms with Crippen molar-refractivity contribution in [2.24, 2.45) is 11.3 Å². The molecule has 13 heteroatoms. The Morgan fingerprint density at radius 3 is 2.25 bits per heavy atom. The third kappa shape index (κ3) is 11.5. The molecule has 0 spiro atoms. The van der Waals surface area contributed by atoms with Crippen LogP contribution >= 0.6 is 0 Å². The highest BCUT2D eigenvalue weighted by molar-refractivity contribution is 5.89. The molecule has 0 unspecified atom stereocenters. The summed E-state index contributed by atoms with van der Waals surface area (Å²) in [6.45, 7) is 12.3. The molecular formula is C44H57N7O6. The number of urea groups is 1.